The molecule has 0 spiro atoms. The van der Waals surface area contributed by atoms with Crippen LogP contribution >= 0.6 is 0 Å². The summed E-state index contributed by atoms with van der Waals surface area (Å²) in [6.07, 6.45) is 7.06. The van der Waals surface area contributed by atoms with Crippen molar-refractivity contribution in [2.75, 3.05) is 14.2 Å². The van der Waals surface area contributed by atoms with Gasteiger partial charge in [0, 0.05) is 36.5 Å². The third-order valence-corrected chi connectivity index (χ3v) is 3.85. The molecule has 22 heavy (non-hydrogen) atoms. The molecule has 1 aliphatic carbocycles. The average molecular weight is 298 g/mol. The van der Waals surface area contributed by atoms with Crippen molar-refractivity contribution >= 4 is 23.3 Å². The summed E-state index contributed by atoms with van der Waals surface area (Å²) in [5.74, 6) is 0.0542. The summed E-state index contributed by atoms with van der Waals surface area (Å²) in [4.78, 5) is 15.9. The highest BCUT2D eigenvalue weighted by Crippen LogP contribution is 2.43. The lowest BCUT2D eigenvalue weighted by Gasteiger charge is -2.12. The van der Waals surface area contributed by atoms with E-state index in [0.29, 0.717) is 11.5 Å². The zero-order valence-electron chi connectivity index (χ0n) is 12.6. The number of fused-ring (bicyclic) bond motifs is 1. The van der Waals surface area contributed by atoms with Crippen LogP contribution < -0.4 is 5.73 Å². The number of aliphatic imine (C=N–C) groups is 1. The molecule has 1 aliphatic rings. The smallest absolute Gasteiger partial charge is 0.341 e. The lowest BCUT2D eigenvalue weighted by molar-refractivity contribution is 0.0603. The monoisotopic (exact) mass is 298 g/mol. The molecule has 0 aromatic carbocycles. The minimum atomic E-state index is -0.380. The van der Waals surface area contributed by atoms with E-state index in [-0.39, 0.29) is 5.97 Å². The second-order valence-corrected chi connectivity index (χ2v) is 5.26. The Morgan fingerprint density at radius 3 is 2.82 bits per heavy atom. The van der Waals surface area contributed by atoms with Crippen molar-refractivity contribution in [3.05, 3.63) is 41.4 Å². The fourth-order valence-electron chi connectivity index (χ4n) is 2.67. The Bertz CT molecular complexity index is 785. The van der Waals surface area contributed by atoms with Gasteiger partial charge in [0.25, 0.3) is 0 Å². The summed E-state index contributed by atoms with van der Waals surface area (Å²) in [7, 11) is 3.08. The molecule has 1 fully saturated rings. The molecular formula is C16H18N4O2. The second-order valence-electron chi connectivity index (χ2n) is 5.26. The van der Waals surface area contributed by atoms with Crippen LogP contribution in [0.3, 0.4) is 0 Å². The van der Waals surface area contributed by atoms with Crippen molar-refractivity contribution in [1.82, 2.24) is 9.61 Å². The van der Waals surface area contributed by atoms with Gasteiger partial charge in [-0.15, -0.1) is 0 Å². The van der Waals surface area contributed by atoms with Crippen LogP contribution in [0.2, 0.25) is 0 Å². The van der Waals surface area contributed by atoms with Crippen molar-refractivity contribution in [2.24, 2.45) is 10.7 Å². The predicted molar refractivity (Wildman–Crippen MR) is 85.1 cm³/mol. The Morgan fingerprint density at radius 1 is 1.45 bits per heavy atom. The van der Waals surface area contributed by atoms with Crippen molar-refractivity contribution in [2.45, 2.75) is 18.8 Å². The van der Waals surface area contributed by atoms with Crippen LogP contribution in [0.5, 0.6) is 0 Å². The fourth-order valence-corrected chi connectivity index (χ4v) is 2.67. The summed E-state index contributed by atoms with van der Waals surface area (Å²) in [6.45, 7) is 0. The van der Waals surface area contributed by atoms with E-state index >= 15 is 0 Å². The molecule has 2 heterocycles. The number of ether oxygens (including phenoxy) is 1. The number of carbonyl (C=O) groups excluding carboxylic acids is 1. The van der Waals surface area contributed by atoms with Crippen LogP contribution in [0.15, 0.2) is 29.5 Å². The van der Waals surface area contributed by atoms with Crippen LogP contribution in [0.1, 0.15) is 40.4 Å². The topological polar surface area (TPSA) is 82.0 Å². The number of allylic oxidation sites excluding steroid dienone is 1. The van der Waals surface area contributed by atoms with E-state index in [2.05, 4.69) is 10.1 Å². The molecule has 0 unspecified atom stereocenters. The summed E-state index contributed by atoms with van der Waals surface area (Å²) in [6, 6.07) is 3.84. The molecule has 2 N–H and O–H groups in total. The van der Waals surface area contributed by atoms with E-state index in [0.717, 1.165) is 35.2 Å². The van der Waals surface area contributed by atoms with Crippen molar-refractivity contribution in [3.8, 4) is 0 Å². The van der Waals surface area contributed by atoms with Crippen LogP contribution in [-0.2, 0) is 4.74 Å². The molecule has 2 aromatic rings. The van der Waals surface area contributed by atoms with E-state index in [1.807, 2.05) is 16.6 Å². The summed E-state index contributed by atoms with van der Waals surface area (Å²) in [5, 5.41) is 4.39. The highest BCUT2D eigenvalue weighted by Gasteiger charge is 2.30. The first-order valence-corrected chi connectivity index (χ1v) is 7.14. The predicted octanol–water partition coefficient (Wildman–Crippen LogP) is 2.00. The number of hydrogen-bond donors (Lipinski definition) is 1. The maximum Gasteiger partial charge on any atom is 0.341 e. The van der Waals surface area contributed by atoms with Gasteiger partial charge in [-0.2, -0.15) is 5.10 Å². The molecule has 3 rings (SSSR count). The van der Waals surface area contributed by atoms with Gasteiger partial charge in [-0.25, -0.2) is 9.31 Å². The molecule has 0 bridgehead atoms. The SMILES string of the molecule is CN=CC(=CN)c1ccc2c(C(=O)OC)cnn2c1C1CC1. The number of nitrogens with two attached hydrogens (primary N) is 1. The van der Waals surface area contributed by atoms with Gasteiger partial charge in [-0.1, -0.05) is 6.07 Å². The molecule has 1 saturated carbocycles. The number of pyridine rings is 1. The quantitative estimate of drug-likeness (QED) is 0.691. The molecule has 0 radical (unpaired) electrons. The Kier molecular flexibility index (Phi) is 3.66. The maximum absolute atomic E-state index is 11.8. The molecule has 114 valence electrons. The van der Waals surface area contributed by atoms with Crippen LogP contribution in [0.25, 0.3) is 11.1 Å². The van der Waals surface area contributed by atoms with Gasteiger partial charge in [0.15, 0.2) is 0 Å². The molecule has 6 heteroatoms. The molecular weight excluding hydrogens is 280 g/mol. The zero-order valence-corrected chi connectivity index (χ0v) is 12.6. The minimum Gasteiger partial charge on any atom is -0.465 e. The first-order chi connectivity index (χ1) is 10.7. The summed E-state index contributed by atoms with van der Waals surface area (Å²) >= 11 is 0. The highest BCUT2D eigenvalue weighted by molar-refractivity contribution is 6.10. The molecule has 2 aromatic heterocycles. The van der Waals surface area contributed by atoms with Gasteiger partial charge >= 0.3 is 5.97 Å². The van der Waals surface area contributed by atoms with Crippen molar-refractivity contribution in [3.63, 3.8) is 0 Å². The average Bonchev–Trinajstić information content (AvgIpc) is 3.29. The number of methoxy groups -OCH3 is 1. The molecule has 0 aliphatic heterocycles. The number of hydrogen-bond acceptors (Lipinski definition) is 5. The Balaban J connectivity index is 2.24. The normalized spacial score (nSPS) is 15.6. The van der Waals surface area contributed by atoms with Gasteiger partial charge in [0.2, 0.25) is 0 Å². The third kappa shape index (κ3) is 2.26. The van der Waals surface area contributed by atoms with E-state index < -0.39 is 0 Å². The highest BCUT2D eigenvalue weighted by atomic mass is 16.5. The summed E-state index contributed by atoms with van der Waals surface area (Å²) < 4.78 is 6.64. The fraction of sp³-hybridized carbons (Fsp3) is 0.312. The van der Waals surface area contributed by atoms with E-state index in [1.54, 1.807) is 25.7 Å². The van der Waals surface area contributed by atoms with E-state index in [9.17, 15) is 4.79 Å². The maximum atomic E-state index is 11.8. The van der Waals surface area contributed by atoms with Crippen LogP contribution in [-0.4, -0.2) is 36.0 Å². The standard InChI is InChI=1S/C16H18N4O2/c1-18-8-11(7-17)12-5-6-14-13(16(21)22-2)9-19-20(14)15(12)10-3-4-10/h5-10H,3-4,17H2,1-2H3. The molecule has 6 nitrogen and oxygen atoms in total. The van der Waals surface area contributed by atoms with Crippen molar-refractivity contribution in [1.29, 1.82) is 0 Å². The Hall–Kier alpha value is -2.63. The molecule has 0 saturated heterocycles. The zero-order chi connectivity index (χ0) is 15.7. The van der Waals surface area contributed by atoms with Gasteiger partial charge in [0.05, 0.1) is 24.5 Å². The molecule has 0 amide bonds. The number of carbonyl (C=O) groups is 1. The van der Waals surface area contributed by atoms with Gasteiger partial charge in [-0.05, 0) is 18.9 Å². The first kappa shape index (κ1) is 14.3. The van der Waals surface area contributed by atoms with Crippen LogP contribution in [0, 0.1) is 0 Å². The Morgan fingerprint density at radius 2 is 2.23 bits per heavy atom. The Labute approximate surface area is 128 Å². The lowest BCUT2D eigenvalue weighted by Crippen LogP contribution is -2.06. The third-order valence-electron chi connectivity index (χ3n) is 3.85. The van der Waals surface area contributed by atoms with E-state index in [1.165, 1.54) is 7.11 Å². The number of esters is 1. The number of rotatable bonds is 4. The van der Waals surface area contributed by atoms with Crippen LogP contribution in [0.4, 0.5) is 0 Å². The lowest BCUT2D eigenvalue weighted by atomic mass is 10.0. The van der Waals surface area contributed by atoms with E-state index in [4.69, 9.17) is 10.5 Å². The number of aromatic nitrogens is 2. The molecule has 0 atom stereocenters. The summed E-state index contributed by atoms with van der Waals surface area (Å²) in [5.41, 5.74) is 9.89. The van der Waals surface area contributed by atoms with Gasteiger partial charge in [0.1, 0.15) is 5.56 Å². The van der Waals surface area contributed by atoms with Crippen molar-refractivity contribution < 1.29 is 9.53 Å². The number of nitrogens with zero attached hydrogens (tertiary/aromatic N) is 3. The second kappa shape index (κ2) is 5.63. The largest absolute Gasteiger partial charge is 0.465 e. The van der Waals surface area contributed by atoms with Gasteiger partial charge < -0.3 is 10.5 Å². The minimum absolute atomic E-state index is 0.380. The van der Waals surface area contributed by atoms with Gasteiger partial charge in [-0.3, -0.25) is 4.99 Å². The first-order valence-electron chi connectivity index (χ1n) is 7.14.